The minimum absolute atomic E-state index is 0.249. The number of anilines is 1. The van der Waals surface area contributed by atoms with Crippen LogP contribution in [0.3, 0.4) is 0 Å². The summed E-state index contributed by atoms with van der Waals surface area (Å²) in [5.74, 6) is 0.468. The van der Waals surface area contributed by atoms with E-state index in [0.717, 1.165) is 16.9 Å². The first-order valence-corrected chi connectivity index (χ1v) is 12.2. The molecule has 4 rings (SSSR count). The molecule has 0 aliphatic carbocycles. The molecule has 1 amide bonds. The summed E-state index contributed by atoms with van der Waals surface area (Å²) in [4.78, 5) is 16.8. The van der Waals surface area contributed by atoms with E-state index < -0.39 is 5.25 Å². The summed E-state index contributed by atoms with van der Waals surface area (Å²) < 4.78 is 1.95. The first-order chi connectivity index (χ1) is 17.0. The van der Waals surface area contributed by atoms with Gasteiger partial charge in [-0.25, -0.2) is 5.43 Å². The van der Waals surface area contributed by atoms with Crippen molar-refractivity contribution in [2.24, 2.45) is 5.10 Å². The Hall–Kier alpha value is -3.69. The van der Waals surface area contributed by atoms with Gasteiger partial charge in [-0.2, -0.15) is 5.10 Å². The van der Waals surface area contributed by atoms with Crippen molar-refractivity contribution in [1.82, 2.24) is 25.2 Å². The Morgan fingerprint density at radius 2 is 1.94 bits per heavy atom. The molecule has 0 aliphatic heterocycles. The third-order valence-electron chi connectivity index (χ3n) is 5.05. The number of hydrazone groups is 1. The van der Waals surface area contributed by atoms with Gasteiger partial charge in [0.2, 0.25) is 0 Å². The number of halogens is 1. The van der Waals surface area contributed by atoms with Gasteiger partial charge in [0, 0.05) is 22.6 Å². The molecule has 0 saturated heterocycles. The second kappa shape index (κ2) is 11.6. The van der Waals surface area contributed by atoms with E-state index >= 15 is 0 Å². The van der Waals surface area contributed by atoms with Gasteiger partial charge in [0.05, 0.1) is 23.7 Å². The molecule has 0 bridgehead atoms. The van der Waals surface area contributed by atoms with Crippen molar-refractivity contribution in [3.8, 4) is 5.69 Å². The average Bonchev–Trinajstić information content (AvgIpc) is 3.26. The largest absolute Gasteiger partial charge is 0.378 e. The molecule has 0 fully saturated rings. The fourth-order valence-electron chi connectivity index (χ4n) is 3.24. The van der Waals surface area contributed by atoms with E-state index in [9.17, 15) is 4.79 Å². The molecular formula is C25H24ClN7OS. The van der Waals surface area contributed by atoms with Crippen LogP contribution in [0.4, 0.5) is 5.69 Å². The number of benzene rings is 2. The van der Waals surface area contributed by atoms with Crippen molar-refractivity contribution in [2.75, 3.05) is 5.32 Å². The molecule has 10 heteroatoms. The van der Waals surface area contributed by atoms with Crippen LogP contribution in [0.25, 0.3) is 5.69 Å². The highest BCUT2D eigenvalue weighted by Gasteiger charge is 2.21. The van der Waals surface area contributed by atoms with Crippen LogP contribution in [0.2, 0.25) is 5.02 Å². The number of amides is 1. The molecule has 4 aromatic rings. The van der Waals surface area contributed by atoms with Crippen LogP contribution in [0.5, 0.6) is 0 Å². The minimum atomic E-state index is -0.457. The van der Waals surface area contributed by atoms with Gasteiger partial charge in [0.15, 0.2) is 11.0 Å². The zero-order valence-corrected chi connectivity index (χ0v) is 20.8. The molecule has 8 nitrogen and oxygen atoms in total. The summed E-state index contributed by atoms with van der Waals surface area (Å²) in [6.45, 7) is 4.24. The molecular weight excluding hydrogens is 482 g/mol. The van der Waals surface area contributed by atoms with E-state index in [4.69, 9.17) is 11.6 Å². The highest BCUT2D eigenvalue weighted by atomic mass is 35.5. The maximum Gasteiger partial charge on any atom is 0.253 e. The molecule has 0 radical (unpaired) electrons. The summed E-state index contributed by atoms with van der Waals surface area (Å²) >= 11 is 7.39. The first-order valence-electron chi connectivity index (χ1n) is 10.9. The fraction of sp³-hybridized carbons (Fsp3) is 0.160. The van der Waals surface area contributed by atoms with Crippen LogP contribution in [-0.2, 0) is 11.3 Å². The second-order valence-electron chi connectivity index (χ2n) is 7.63. The van der Waals surface area contributed by atoms with E-state index in [1.807, 2.05) is 72.2 Å². The number of hydrogen-bond acceptors (Lipinski definition) is 7. The zero-order chi connectivity index (χ0) is 24.6. The lowest BCUT2D eigenvalue weighted by Crippen LogP contribution is -2.27. The van der Waals surface area contributed by atoms with Crippen molar-refractivity contribution in [1.29, 1.82) is 0 Å². The highest BCUT2D eigenvalue weighted by Crippen LogP contribution is 2.27. The Labute approximate surface area is 212 Å². The Kier molecular flexibility index (Phi) is 8.12. The molecule has 35 heavy (non-hydrogen) atoms. The molecule has 2 aromatic carbocycles. The summed E-state index contributed by atoms with van der Waals surface area (Å²) in [5, 5.41) is 17.0. The number of hydrogen-bond donors (Lipinski definition) is 2. The number of nitrogens with one attached hydrogen (secondary N) is 2. The number of rotatable bonds is 9. The lowest BCUT2D eigenvalue weighted by molar-refractivity contribution is -0.120. The van der Waals surface area contributed by atoms with E-state index in [1.165, 1.54) is 18.0 Å². The van der Waals surface area contributed by atoms with Gasteiger partial charge in [-0.05, 0) is 61.9 Å². The normalized spacial score (nSPS) is 12.0. The number of para-hydroxylation sites is 1. The summed E-state index contributed by atoms with van der Waals surface area (Å²) in [6.07, 6.45) is 3.17. The Morgan fingerprint density at radius 3 is 2.69 bits per heavy atom. The first kappa shape index (κ1) is 24.4. The van der Waals surface area contributed by atoms with Crippen LogP contribution in [0.15, 0.2) is 83.2 Å². The van der Waals surface area contributed by atoms with E-state index in [2.05, 4.69) is 31.0 Å². The number of aromatic nitrogens is 4. The number of nitrogens with zero attached hydrogens (tertiary/aromatic N) is 5. The summed E-state index contributed by atoms with van der Waals surface area (Å²) in [5.41, 5.74) is 6.13. The zero-order valence-electron chi connectivity index (χ0n) is 19.2. The maximum atomic E-state index is 12.6. The second-order valence-corrected chi connectivity index (χ2v) is 9.38. The van der Waals surface area contributed by atoms with Gasteiger partial charge in [0.25, 0.3) is 5.91 Å². The van der Waals surface area contributed by atoms with Gasteiger partial charge < -0.3 is 5.32 Å². The van der Waals surface area contributed by atoms with E-state index in [-0.39, 0.29) is 5.91 Å². The van der Waals surface area contributed by atoms with Crippen LogP contribution in [0.1, 0.15) is 24.0 Å². The monoisotopic (exact) mass is 505 g/mol. The third kappa shape index (κ3) is 6.46. The molecule has 0 spiro atoms. The average molecular weight is 506 g/mol. The van der Waals surface area contributed by atoms with Gasteiger partial charge >= 0.3 is 0 Å². The molecule has 1 atom stereocenters. The van der Waals surface area contributed by atoms with E-state index in [1.54, 1.807) is 19.2 Å². The van der Waals surface area contributed by atoms with Crippen LogP contribution in [-0.4, -0.2) is 37.1 Å². The van der Waals surface area contributed by atoms with Gasteiger partial charge in [-0.15, -0.1) is 10.2 Å². The van der Waals surface area contributed by atoms with Crippen LogP contribution < -0.4 is 10.7 Å². The summed E-state index contributed by atoms with van der Waals surface area (Å²) in [7, 11) is 0. The third-order valence-corrected chi connectivity index (χ3v) is 6.33. The minimum Gasteiger partial charge on any atom is -0.378 e. The number of aryl methyl sites for hydroxylation is 1. The molecule has 0 saturated carbocycles. The highest BCUT2D eigenvalue weighted by molar-refractivity contribution is 8.00. The molecule has 0 aliphatic rings. The molecule has 2 N–H and O–H groups in total. The molecule has 0 unspecified atom stereocenters. The Morgan fingerprint density at radius 1 is 1.14 bits per heavy atom. The van der Waals surface area contributed by atoms with Crippen LogP contribution in [0, 0.1) is 6.92 Å². The van der Waals surface area contributed by atoms with Crippen molar-refractivity contribution >= 4 is 41.2 Å². The van der Waals surface area contributed by atoms with Crippen molar-refractivity contribution in [3.63, 3.8) is 0 Å². The number of pyridine rings is 1. The quantitative estimate of drug-likeness (QED) is 0.191. The van der Waals surface area contributed by atoms with Crippen molar-refractivity contribution < 1.29 is 4.79 Å². The standard InChI is InChI=1S/C25H24ClN7OS/c1-17-14-19(26)11-12-22(17)28-16-23-30-32-25(33(23)21-9-4-3-5-10-21)35-18(2)24(34)31-29-15-20-8-6-7-13-27-20/h3-15,18,28H,16H2,1-2H3,(H,31,34)/b29-15-/t18-/m0/s1. The van der Waals surface area contributed by atoms with E-state index in [0.29, 0.717) is 28.2 Å². The lowest BCUT2D eigenvalue weighted by atomic mass is 10.2. The summed E-state index contributed by atoms with van der Waals surface area (Å²) in [6, 6.07) is 21.0. The Bertz CT molecular complexity index is 1310. The number of thioether (sulfide) groups is 1. The van der Waals surface area contributed by atoms with Gasteiger partial charge in [-0.3, -0.25) is 14.3 Å². The predicted molar refractivity (Wildman–Crippen MR) is 140 cm³/mol. The molecule has 178 valence electrons. The van der Waals surface area contributed by atoms with Crippen LogP contribution >= 0.6 is 23.4 Å². The predicted octanol–water partition coefficient (Wildman–Crippen LogP) is 4.87. The fourth-order valence-corrected chi connectivity index (χ4v) is 4.35. The Balaban J connectivity index is 1.49. The van der Waals surface area contributed by atoms with Crippen molar-refractivity contribution in [2.45, 2.75) is 30.8 Å². The lowest BCUT2D eigenvalue weighted by Gasteiger charge is -2.14. The molecule has 2 heterocycles. The van der Waals surface area contributed by atoms with Gasteiger partial charge in [-0.1, -0.05) is 47.6 Å². The smallest absolute Gasteiger partial charge is 0.253 e. The number of carbonyl (C=O) groups excluding carboxylic acids is 1. The maximum absolute atomic E-state index is 12.6. The van der Waals surface area contributed by atoms with Gasteiger partial charge in [0.1, 0.15) is 0 Å². The topological polar surface area (TPSA) is 97.1 Å². The van der Waals surface area contributed by atoms with Crippen molar-refractivity contribution in [3.05, 3.63) is 95.0 Å². The number of carbonyl (C=O) groups is 1. The molecule has 2 aromatic heterocycles. The SMILES string of the molecule is Cc1cc(Cl)ccc1NCc1nnc(S[C@@H](C)C(=O)N/N=C\c2ccccn2)n1-c1ccccc1.